The van der Waals surface area contributed by atoms with Crippen molar-refractivity contribution in [2.45, 2.75) is 19.5 Å². The van der Waals surface area contributed by atoms with Crippen LogP contribution < -0.4 is 19.1 Å². The zero-order valence-electron chi connectivity index (χ0n) is 17.4. The third kappa shape index (κ3) is 4.59. The van der Waals surface area contributed by atoms with Gasteiger partial charge < -0.3 is 14.8 Å². The second kappa shape index (κ2) is 8.47. The fourth-order valence-electron chi connectivity index (χ4n) is 3.66. The van der Waals surface area contributed by atoms with Crippen LogP contribution in [0.1, 0.15) is 12.5 Å². The summed E-state index contributed by atoms with van der Waals surface area (Å²) in [5.41, 5.74) is 1.28. The molecule has 4 rings (SSSR count). The number of fused-ring (bicyclic) bond motifs is 2. The van der Waals surface area contributed by atoms with Crippen LogP contribution in [-0.2, 0) is 21.4 Å². The van der Waals surface area contributed by atoms with E-state index in [0.717, 1.165) is 26.9 Å². The van der Waals surface area contributed by atoms with E-state index in [-0.39, 0.29) is 0 Å². The Morgan fingerprint density at radius 2 is 1.71 bits per heavy atom. The van der Waals surface area contributed by atoms with Gasteiger partial charge in [0.15, 0.2) is 11.5 Å². The van der Waals surface area contributed by atoms with Gasteiger partial charge in [-0.25, -0.2) is 8.42 Å². The van der Waals surface area contributed by atoms with Crippen molar-refractivity contribution in [1.82, 2.24) is 5.32 Å². The van der Waals surface area contributed by atoms with E-state index < -0.39 is 22.0 Å². The van der Waals surface area contributed by atoms with Gasteiger partial charge in [0.05, 0.1) is 11.9 Å². The maximum absolute atomic E-state index is 12.9. The quantitative estimate of drug-likeness (QED) is 0.637. The summed E-state index contributed by atoms with van der Waals surface area (Å²) in [5, 5.41) is 5.05. The van der Waals surface area contributed by atoms with Crippen LogP contribution in [0.2, 0.25) is 0 Å². The first kappa shape index (κ1) is 21.0. The molecule has 1 aliphatic heterocycles. The smallest absolute Gasteiger partial charge is 0.243 e. The predicted molar refractivity (Wildman–Crippen MR) is 120 cm³/mol. The summed E-state index contributed by atoms with van der Waals surface area (Å²) < 4.78 is 37.2. The SMILES string of the molecule is C[C@@H](C(=O)NCc1ccc2ccccc2c1)N(c1ccc2c(c1)OCCO2)S(C)(=O)=O. The molecule has 3 aromatic carbocycles. The van der Waals surface area contributed by atoms with E-state index in [0.29, 0.717) is 36.9 Å². The summed E-state index contributed by atoms with van der Waals surface area (Å²) in [6.07, 6.45) is 1.08. The van der Waals surface area contributed by atoms with Crippen LogP contribution in [0.3, 0.4) is 0 Å². The maximum Gasteiger partial charge on any atom is 0.243 e. The number of nitrogens with one attached hydrogen (secondary N) is 1. The molecule has 0 bridgehead atoms. The maximum atomic E-state index is 12.9. The number of carbonyl (C=O) groups excluding carboxylic acids is 1. The standard InChI is InChI=1S/C23H24N2O5S/c1-16(23(26)24-15-17-7-8-18-5-3-4-6-19(18)13-17)25(31(2,27)28)20-9-10-21-22(14-20)30-12-11-29-21/h3-10,13-14,16H,11-12,15H2,1-2H3,(H,24,26)/t16-/m0/s1. The van der Waals surface area contributed by atoms with Crippen molar-refractivity contribution in [2.24, 2.45) is 0 Å². The number of amides is 1. The van der Waals surface area contributed by atoms with Gasteiger partial charge in [-0.3, -0.25) is 9.10 Å². The molecule has 0 aromatic heterocycles. The Bertz CT molecular complexity index is 1230. The molecule has 1 heterocycles. The number of anilines is 1. The summed E-state index contributed by atoms with van der Waals surface area (Å²) in [7, 11) is -3.72. The Balaban J connectivity index is 1.52. The first-order chi connectivity index (χ1) is 14.8. The van der Waals surface area contributed by atoms with E-state index in [1.807, 2.05) is 42.5 Å². The number of rotatable bonds is 6. The summed E-state index contributed by atoms with van der Waals surface area (Å²) in [6.45, 7) is 2.69. The first-order valence-corrected chi connectivity index (χ1v) is 11.8. The summed E-state index contributed by atoms with van der Waals surface area (Å²) >= 11 is 0. The molecule has 0 saturated carbocycles. The van der Waals surface area contributed by atoms with Crippen LogP contribution in [-0.4, -0.2) is 39.8 Å². The number of carbonyl (C=O) groups is 1. The van der Waals surface area contributed by atoms with Gasteiger partial charge in [-0.15, -0.1) is 0 Å². The minimum absolute atomic E-state index is 0.298. The fourth-order valence-corrected chi connectivity index (χ4v) is 4.83. The topological polar surface area (TPSA) is 84.9 Å². The Morgan fingerprint density at radius 3 is 2.45 bits per heavy atom. The Hall–Kier alpha value is -3.26. The van der Waals surface area contributed by atoms with E-state index in [1.54, 1.807) is 25.1 Å². The zero-order chi connectivity index (χ0) is 22.0. The lowest BCUT2D eigenvalue weighted by molar-refractivity contribution is -0.122. The second-order valence-corrected chi connectivity index (χ2v) is 9.32. The average molecular weight is 441 g/mol. The summed E-state index contributed by atoms with van der Waals surface area (Å²) in [6, 6.07) is 17.8. The highest BCUT2D eigenvalue weighted by atomic mass is 32.2. The predicted octanol–water partition coefficient (Wildman–Crippen LogP) is 3.08. The molecule has 1 amide bonds. The number of benzene rings is 3. The van der Waals surface area contributed by atoms with Crippen molar-refractivity contribution in [2.75, 3.05) is 23.8 Å². The fraction of sp³-hybridized carbons (Fsp3) is 0.261. The molecule has 1 aliphatic rings. The van der Waals surface area contributed by atoms with Crippen molar-refractivity contribution in [1.29, 1.82) is 0 Å². The Kier molecular flexibility index (Phi) is 5.73. The molecular formula is C23H24N2O5S. The van der Waals surface area contributed by atoms with Crippen molar-refractivity contribution in [3.63, 3.8) is 0 Å². The molecule has 162 valence electrons. The lowest BCUT2D eigenvalue weighted by Crippen LogP contribution is -2.47. The molecule has 0 saturated heterocycles. The van der Waals surface area contributed by atoms with Gasteiger partial charge in [-0.2, -0.15) is 0 Å². The van der Waals surface area contributed by atoms with Crippen LogP contribution in [0.25, 0.3) is 10.8 Å². The second-order valence-electron chi connectivity index (χ2n) is 7.46. The molecule has 1 atom stereocenters. The molecule has 7 nitrogen and oxygen atoms in total. The van der Waals surface area contributed by atoms with E-state index in [9.17, 15) is 13.2 Å². The number of hydrogen-bond donors (Lipinski definition) is 1. The van der Waals surface area contributed by atoms with Crippen LogP contribution in [0.15, 0.2) is 60.7 Å². The molecular weight excluding hydrogens is 416 g/mol. The van der Waals surface area contributed by atoms with Gasteiger partial charge in [0.25, 0.3) is 0 Å². The normalized spacial score (nSPS) is 14.1. The molecule has 0 unspecified atom stereocenters. The van der Waals surface area contributed by atoms with Crippen molar-refractivity contribution < 1.29 is 22.7 Å². The number of ether oxygens (including phenoxy) is 2. The van der Waals surface area contributed by atoms with E-state index >= 15 is 0 Å². The van der Waals surface area contributed by atoms with Gasteiger partial charge in [0.2, 0.25) is 15.9 Å². The molecule has 0 fully saturated rings. The lowest BCUT2D eigenvalue weighted by Gasteiger charge is -2.29. The van der Waals surface area contributed by atoms with Crippen molar-refractivity contribution in [3.8, 4) is 11.5 Å². The van der Waals surface area contributed by atoms with Gasteiger partial charge >= 0.3 is 0 Å². The third-order valence-corrected chi connectivity index (χ3v) is 6.39. The van der Waals surface area contributed by atoms with E-state index in [1.165, 1.54) is 0 Å². The van der Waals surface area contributed by atoms with Gasteiger partial charge in [-0.05, 0) is 41.5 Å². The van der Waals surface area contributed by atoms with Crippen LogP contribution in [0.4, 0.5) is 5.69 Å². The first-order valence-electron chi connectivity index (χ1n) is 9.97. The van der Waals surface area contributed by atoms with Gasteiger partial charge in [0, 0.05) is 12.6 Å². The highest BCUT2D eigenvalue weighted by Crippen LogP contribution is 2.35. The van der Waals surface area contributed by atoms with E-state index in [2.05, 4.69) is 5.32 Å². The molecule has 0 aliphatic carbocycles. The molecule has 0 radical (unpaired) electrons. The van der Waals surface area contributed by atoms with E-state index in [4.69, 9.17) is 9.47 Å². The Labute approximate surface area is 181 Å². The monoisotopic (exact) mass is 440 g/mol. The van der Waals surface area contributed by atoms with Gasteiger partial charge in [-0.1, -0.05) is 36.4 Å². The van der Waals surface area contributed by atoms with Gasteiger partial charge in [0.1, 0.15) is 19.3 Å². The molecule has 1 N–H and O–H groups in total. The largest absolute Gasteiger partial charge is 0.486 e. The summed E-state index contributed by atoms with van der Waals surface area (Å²) in [4.78, 5) is 12.9. The Morgan fingerprint density at radius 1 is 1.00 bits per heavy atom. The number of nitrogens with zero attached hydrogens (tertiary/aromatic N) is 1. The van der Waals surface area contributed by atoms with Crippen LogP contribution >= 0.6 is 0 Å². The summed E-state index contributed by atoms with van der Waals surface area (Å²) in [5.74, 6) is 0.617. The average Bonchev–Trinajstić information content (AvgIpc) is 2.76. The lowest BCUT2D eigenvalue weighted by atomic mass is 10.1. The minimum Gasteiger partial charge on any atom is -0.486 e. The molecule has 3 aromatic rings. The zero-order valence-corrected chi connectivity index (χ0v) is 18.2. The van der Waals surface area contributed by atoms with Crippen LogP contribution in [0.5, 0.6) is 11.5 Å². The minimum atomic E-state index is -3.72. The molecule has 8 heteroatoms. The molecule has 0 spiro atoms. The number of sulfonamides is 1. The van der Waals surface area contributed by atoms with Crippen LogP contribution in [0, 0.1) is 0 Å². The third-order valence-electron chi connectivity index (χ3n) is 5.15. The highest BCUT2D eigenvalue weighted by molar-refractivity contribution is 7.92. The molecule has 31 heavy (non-hydrogen) atoms. The van der Waals surface area contributed by atoms with Crippen molar-refractivity contribution >= 4 is 32.4 Å². The highest BCUT2D eigenvalue weighted by Gasteiger charge is 2.30. The van der Waals surface area contributed by atoms with Crippen molar-refractivity contribution in [3.05, 3.63) is 66.2 Å². The number of hydrogen-bond acceptors (Lipinski definition) is 5.